The Morgan fingerprint density at radius 1 is 1.04 bits per heavy atom. The van der Waals surface area contributed by atoms with E-state index >= 15 is 0 Å². The van der Waals surface area contributed by atoms with Crippen LogP contribution in [0.1, 0.15) is 50.6 Å². The zero-order valence-electron chi connectivity index (χ0n) is 15.1. The summed E-state index contributed by atoms with van der Waals surface area (Å²) in [5, 5.41) is 10.0. The van der Waals surface area contributed by atoms with Crippen molar-refractivity contribution in [3.05, 3.63) is 59.9 Å². The van der Waals surface area contributed by atoms with Gasteiger partial charge < -0.3 is 14.4 Å². The highest BCUT2D eigenvalue weighted by atomic mass is 16.5. The van der Waals surface area contributed by atoms with Crippen LogP contribution in [-0.4, -0.2) is 21.3 Å². The van der Waals surface area contributed by atoms with E-state index in [1.54, 1.807) is 6.92 Å². The number of ether oxygens (including phenoxy) is 1. The first-order valence-corrected chi connectivity index (χ1v) is 8.93. The number of fused-ring (bicyclic) bond motifs is 1. The van der Waals surface area contributed by atoms with Crippen LogP contribution in [0.25, 0.3) is 11.0 Å². The Morgan fingerprint density at radius 2 is 1.76 bits per heavy atom. The number of benzene rings is 2. The molecule has 1 atom stereocenters. The number of imidazole rings is 1. The number of rotatable bonds is 7. The maximum atomic E-state index is 10.0. The largest absolute Gasteiger partial charge is 0.493 e. The number of hydrogen-bond acceptors (Lipinski definition) is 3. The average Bonchev–Trinajstić information content (AvgIpc) is 2.98. The van der Waals surface area contributed by atoms with Gasteiger partial charge in [-0.2, -0.15) is 0 Å². The molecule has 1 heterocycles. The molecule has 0 fully saturated rings. The van der Waals surface area contributed by atoms with Crippen molar-refractivity contribution in [2.45, 2.75) is 45.8 Å². The van der Waals surface area contributed by atoms with E-state index in [-0.39, 0.29) is 0 Å². The molecule has 0 aliphatic rings. The number of aliphatic hydroxyl groups excluding tert-OH is 1. The van der Waals surface area contributed by atoms with Crippen molar-refractivity contribution in [1.82, 2.24) is 9.55 Å². The van der Waals surface area contributed by atoms with Crippen LogP contribution in [0.3, 0.4) is 0 Å². The van der Waals surface area contributed by atoms with Crippen molar-refractivity contribution in [2.24, 2.45) is 0 Å². The molecule has 0 radical (unpaired) electrons. The highest BCUT2D eigenvalue weighted by Gasteiger charge is 2.14. The van der Waals surface area contributed by atoms with Gasteiger partial charge in [0.25, 0.3) is 0 Å². The van der Waals surface area contributed by atoms with Crippen molar-refractivity contribution in [1.29, 1.82) is 0 Å². The fraction of sp³-hybridized carbons (Fsp3) is 0.381. The van der Waals surface area contributed by atoms with Gasteiger partial charge in [0.15, 0.2) is 0 Å². The zero-order chi connectivity index (χ0) is 17.8. The molecule has 0 aliphatic carbocycles. The zero-order valence-corrected chi connectivity index (χ0v) is 15.1. The molecule has 3 aromatic rings. The number of aromatic nitrogens is 2. The van der Waals surface area contributed by atoms with Crippen molar-refractivity contribution in [3.8, 4) is 5.75 Å². The number of para-hydroxylation sites is 3. The number of aliphatic hydroxyl groups is 1. The molecule has 0 spiro atoms. The lowest BCUT2D eigenvalue weighted by atomic mass is 10.0. The van der Waals surface area contributed by atoms with Crippen LogP contribution in [0.15, 0.2) is 48.5 Å². The maximum absolute atomic E-state index is 10.0. The Labute approximate surface area is 149 Å². The van der Waals surface area contributed by atoms with Gasteiger partial charge >= 0.3 is 0 Å². The smallest absolute Gasteiger partial charge is 0.138 e. The molecule has 1 aromatic heterocycles. The van der Waals surface area contributed by atoms with Crippen molar-refractivity contribution >= 4 is 11.0 Å². The van der Waals surface area contributed by atoms with E-state index in [1.165, 1.54) is 5.56 Å². The normalized spacial score (nSPS) is 12.7. The molecule has 1 unspecified atom stereocenters. The molecule has 0 saturated heterocycles. The molecule has 25 heavy (non-hydrogen) atoms. The summed E-state index contributed by atoms with van der Waals surface area (Å²) in [4.78, 5) is 4.56. The van der Waals surface area contributed by atoms with Crippen molar-refractivity contribution in [2.75, 3.05) is 6.61 Å². The molecule has 1 N–H and O–H groups in total. The van der Waals surface area contributed by atoms with Crippen LogP contribution < -0.4 is 4.74 Å². The van der Waals surface area contributed by atoms with Gasteiger partial charge in [-0.25, -0.2) is 4.98 Å². The summed E-state index contributed by atoms with van der Waals surface area (Å²) in [5.74, 6) is 2.11. The molecule has 0 amide bonds. The van der Waals surface area contributed by atoms with Gasteiger partial charge in [0.2, 0.25) is 0 Å². The highest BCUT2D eigenvalue weighted by molar-refractivity contribution is 5.75. The fourth-order valence-electron chi connectivity index (χ4n) is 3.14. The molecule has 4 nitrogen and oxygen atoms in total. The second kappa shape index (κ2) is 7.70. The first-order valence-electron chi connectivity index (χ1n) is 8.93. The lowest BCUT2D eigenvalue weighted by Crippen LogP contribution is -2.10. The van der Waals surface area contributed by atoms with Crippen LogP contribution >= 0.6 is 0 Å². The first-order chi connectivity index (χ1) is 12.1. The third kappa shape index (κ3) is 3.85. The number of aryl methyl sites for hydroxylation is 1. The third-order valence-electron chi connectivity index (χ3n) is 4.38. The Morgan fingerprint density at radius 3 is 2.52 bits per heavy atom. The summed E-state index contributed by atoms with van der Waals surface area (Å²) in [7, 11) is 0. The van der Waals surface area contributed by atoms with E-state index in [2.05, 4.69) is 35.5 Å². The Balaban J connectivity index is 1.69. The molecule has 132 valence electrons. The van der Waals surface area contributed by atoms with Crippen molar-refractivity contribution < 1.29 is 9.84 Å². The predicted molar refractivity (Wildman–Crippen MR) is 101 cm³/mol. The molecular weight excluding hydrogens is 312 g/mol. The summed E-state index contributed by atoms with van der Waals surface area (Å²) in [6.07, 6.45) is 0.266. The summed E-state index contributed by atoms with van der Waals surface area (Å²) in [6, 6.07) is 16.2. The monoisotopic (exact) mass is 338 g/mol. The standard InChI is InChI=1S/C21H26N2O2/c1-15(2)17-9-4-7-12-20(17)25-14-8-13-23-19-11-6-5-10-18(19)22-21(23)16(3)24/h4-7,9-12,15-16,24H,8,13-14H2,1-3H3. The Hall–Kier alpha value is -2.33. The van der Waals surface area contributed by atoms with E-state index in [1.807, 2.05) is 36.4 Å². The Kier molecular flexibility index (Phi) is 5.39. The van der Waals surface area contributed by atoms with Crippen molar-refractivity contribution in [3.63, 3.8) is 0 Å². The summed E-state index contributed by atoms with van der Waals surface area (Å²) in [6.45, 7) is 7.51. The van der Waals surface area contributed by atoms with Gasteiger partial charge in [0, 0.05) is 6.54 Å². The van der Waals surface area contributed by atoms with Gasteiger partial charge in [-0.15, -0.1) is 0 Å². The lowest BCUT2D eigenvalue weighted by Gasteiger charge is -2.15. The molecule has 0 aliphatic heterocycles. The van der Waals surface area contributed by atoms with Gasteiger partial charge in [0.1, 0.15) is 17.7 Å². The van der Waals surface area contributed by atoms with Gasteiger partial charge in [-0.3, -0.25) is 0 Å². The summed E-state index contributed by atoms with van der Waals surface area (Å²) < 4.78 is 8.11. The van der Waals surface area contributed by atoms with Crippen LogP contribution in [0, 0.1) is 0 Å². The van der Waals surface area contributed by atoms with Gasteiger partial charge in [-0.05, 0) is 43.0 Å². The molecule has 0 bridgehead atoms. The number of nitrogens with zero attached hydrogens (tertiary/aromatic N) is 2. The predicted octanol–water partition coefficient (Wildman–Crippen LogP) is 4.68. The first kappa shape index (κ1) is 17.5. The number of hydrogen-bond donors (Lipinski definition) is 1. The molecule has 0 saturated carbocycles. The Bertz CT molecular complexity index is 837. The SMILES string of the molecule is CC(C)c1ccccc1OCCCn1c(C(C)O)nc2ccccc21. The van der Waals surface area contributed by atoms with Gasteiger partial charge in [-0.1, -0.05) is 44.2 Å². The summed E-state index contributed by atoms with van der Waals surface area (Å²) in [5.41, 5.74) is 3.21. The van der Waals surface area contributed by atoms with Gasteiger partial charge in [0.05, 0.1) is 17.6 Å². The van der Waals surface area contributed by atoms with E-state index in [9.17, 15) is 5.11 Å². The molecular formula is C21H26N2O2. The summed E-state index contributed by atoms with van der Waals surface area (Å²) >= 11 is 0. The fourth-order valence-corrected chi connectivity index (χ4v) is 3.14. The molecule has 4 heteroatoms. The average molecular weight is 338 g/mol. The maximum Gasteiger partial charge on any atom is 0.138 e. The lowest BCUT2D eigenvalue weighted by molar-refractivity contribution is 0.183. The minimum Gasteiger partial charge on any atom is -0.493 e. The van der Waals surface area contributed by atoms with E-state index in [0.717, 1.165) is 29.7 Å². The van der Waals surface area contributed by atoms with E-state index < -0.39 is 6.10 Å². The second-order valence-corrected chi connectivity index (χ2v) is 6.68. The van der Waals surface area contributed by atoms with E-state index in [0.29, 0.717) is 18.3 Å². The quantitative estimate of drug-likeness (QED) is 0.636. The van der Waals surface area contributed by atoms with Crippen LogP contribution in [-0.2, 0) is 6.54 Å². The molecule has 2 aromatic carbocycles. The van der Waals surface area contributed by atoms with Crippen LogP contribution in [0.4, 0.5) is 0 Å². The molecule has 3 rings (SSSR count). The van der Waals surface area contributed by atoms with Crippen LogP contribution in [0.5, 0.6) is 5.75 Å². The minimum absolute atomic E-state index is 0.440. The minimum atomic E-state index is -0.588. The van der Waals surface area contributed by atoms with Crippen LogP contribution in [0.2, 0.25) is 0 Å². The topological polar surface area (TPSA) is 47.3 Å². The second-order valence-electron chi connectivity index (χ2n) is 6.68. The highest BCUT2D eigenvalue weighted by Crippen LogP contribution is 2.26. The van der Waals surface area contributed by atoms with E-state index in [4.69, 9.17) is 4.74 Å². The third-order valence-corrected chi connectivity index (χ3v) is 4.38.